The van der Waals surface area contributed by atoms with E-state index in [1.54, 1.807) is 23.9 Å². The van der Waals surface area contributed by atoms with Crippen LogP contribution in [0.15, 0.2) is 18.2 Å². The minimum absolute atomic E-state index is 0.0103. The molecule has 0 saturated heterocycles. The summed E-state index contributed by atoms with van der Waals surface area (Å²) in [6, 6.07) is 4.98. The normalized spacial score (nSPS) is 12.4. The molecule has 0 saturated carbocycles. The van der Waals surface area contributed by atoms with Crippen LogP contribution < -0.4 is 0 Å². The van der Waals surface area contributed by atoms with E-state index in [-0.39, 0.29) is 10.7 Å². The number of benzene rings is 1. The predicted octanol–water partition coefficient (Wildman–Crippen LogP) is 4.28. The Balaban J connectivity index is 2.75. The molecular formula is C11H14ClNO2S. The maximum Gasteiger partial charge on any atom is 0.288 e. The quantitative estimate of drug-likeness (QED) is 0.586. The standard InChI is InChI=1S/C11H14ClNO2S/c1-3-8(2)16-7-9-4-5-10(12)11(6-9)13(14)15/h4-6,8H,3,7H2,1-2H3. The number of hydrogen-bond acceptors (Lipinski definition) is 3. The predicted molar refractivity (Wildman–Crippen MR) is 69.2 cm³/mol. The van der Waals surface area contributed by atoms with Crippen molar-refractivity contribution in [2.45, 2.75) is 31.3 Å². The van der Waals surface area contributed by atoms with E-state index in [1.807, 2.05) is 6.07 Å². The second-order valence-corrected chi connectivity index (χ2v) is 5.41. The van der Waals surface area contributed by atoms with Gasteiger partial charge in [0.2, 0.25) is 0 Å². The first kappa shape index (κ1) is 13.3. The SMILES string of the molecule is CCC(C)SCc1ccc(Cl)c([N+](=O)[O-])c1. The number of hydrogen-bond donors (Lipinski definition) is 0. The molecule has 0 fully saturated rings. The molecule has 88 valence electrons. The van der Waals surface area contributed by atoms with E-state index in [0.29, 0.717) is 5.25 Å². The van der Waals surface area contributed by atoms with Crippen LogP contribution in [0, 0.1) is 10.1 Å². The van der Waals surface area contributed by atoms with Crippen molar-refractivity contribution >= 4 is 29.1 Å². The van der Waals surface area contributed by atoms with E-state index in [1.165, 1.54) is 0 Å². The topological polar surface area (TPSA) is 43.1 Å². The van der Waals surface area contributed by atoms with Crippen LogP contribution >= 0.6 is 23.4 Å². The van der Waals surface area contributed by atoms with Crippen LogP contribution in [0.25, 0.3) is 0 Å². The number of halogens is 1. The van der Waals surface area contributed by atoms with Gasteiger partial charge in [0.05, 0.1) is 4.92 Å². The van der Waals surface area contributed by atoms with Gasteiger partial charge in [-0.2, -0.15) is 11.8 Å². The van der Waals surface area contributed by atoms with E-state index in [0.717, 1.165) is 17.7 Å². The summed E-state index contributed by atoms with van der Waals surface area (Å²) in [5.74, 6) is 0.785. The van der Waals surface area contributed by atoms with Crippen molar-refractivity contribution in [2.75, 3.05) is 0 Å². The molecule has 16 heavy (non-hydrogen) atoms. The molecule has 0 N–H and O–H groups in total. The third-order valence-electron chi connectivity index (χ3n) is 2.32. The zero-order chi connectivity index (χ0) is 12.1. The largest absolute Gasteiger partial charge is 0.288 e. The van der Waals surface area contributed by atoms with Crippen LogP contribution in [0.1, 0.15) is 25.8 Å². The highest BCUT2D eigenvalue weighted by Crippen LogP contribution is 2.28. The number of nitrogens with zero attached hydrogens (tertiary/aromatic N) is 1. The smallest absolute Gasteiger partial charge is 0.258 e. The molecule has 1 aromatic rings. The number of rotatable bonds is 5. The molecule has 0 aliphatic rings. The van der Waals surface area contributed by atoms with Gasteiger partial charge in [0.25, 0.3) is 5.69 Å². The van der Waals surface area contributed by atoms with E-state index >= 15 is 0 Å². The van der Waals surface area contributed by atoms with Gasteiger partial charge in [-0.25, -0.2) is 0 Å². The summed E-state index contributed by atoms with van der Waals surface area (Å²) in [5, 5.41) is 11.4. The Morgan fingerprint density at radius 1 is 1.56 bits per heavy atom. The fraction of sp³-hybridized carbons (Fsp3) is 0.455. The van der Waals surface area contributed by atoms with Gasteiger partial charge in [-0.1, -0.05) is 31.5 Å². The molecule has 0 radical (unpaired) electrons. The van der Waals surface area contributed by atoms with Gasteiger partial charge in [0, 0.05) is 17.1 Å². The summed E-state index contributed by atoms with van der Waals surface area (Å²) in [5.41, 5.74) is 0.935. The van der Waals surface area contributed by atoms with Crippen molar-refractivity contribution in [1.82, 2.24) is 0 Å². The molecule has 5 heteroatoms. The average Bonchev–Trinajstić information content (AvgIpc) is 2.27. The van der Waals surface area contributed by atoms with Crippen LogP contribution in [-0.2, 0) is 5.75 Å². The van der Waals surface area contributed by atoms with E-state index in [9.17, 15) is 10.1 Å². The van der Waals surface area contributed by atoms with Crippen molar-refractivity contribution < 1.29 is 4.92 Å². The van der Waals surface area contributed by atoms with Crippen molar-refractivity contribution in [3.05, 3.63) is 38.9 Å². The van der Waals surface area contributed by atoms with Gasteiger partial charge in [0.15, 0.2) is 0 Å². The van der Waals surface area contributed by atoms with Crippen LogP contribution in [0.4, 0.5) is 5.69 Å². The monoisotopic (exact) mass is 259 g/mol. The fourth-order valence-corrected chi connectivity index (χ4v) is 2.22. The third-order valence-corrected chi connectivity index (χ3v) is 4.04. The van der Waals surface area contributed by atoms with Crippen LogP contribution in [-0.4, -0.2) is 10.2 Å². The molecule has 0 bridgehead atoms. The molecule has 0 aliphatic heterocycles. The zero-order valence-electron chi connectivity index (χ0n) is 9.27. The lowest BCUT2D eigenvalue weighted by Gasteiger charge is -2.07. The van der Waals surface area contributed by atoms with Crippen molar-refractivity contribution in [2.24, 2.45) is 0 Å². The van der Waals surface area contributed by atoms with Gasteiger partial charge in [0.1, 0.15) is 5.02 Å². The highest BCUT2D eigenvalue weighted by atomic mass is 35.5. The highest BCUT2D eigenvalue weighted by Gasteiger charge is 2.12. The second kappa shape index (κ2) is 6.11. The first-order valence-corrected chi connectivity index (χ1v) is 6.51. The molecule has 0 amide bonds. The molecule has 0 spiro atoms. The van der Waals surface area contributed by atoms with E-state index in [2.05, 4.69) is 13.8 Å². The molecule has 3 nitrogen and oxygen atoms in total. The van der Waals surface area contributed by atoms with Crippen molar-refractivity contribution in [3.63, 3.8) is 0 Å². The summed E-state index contributed by atoms with van der Waals surface area (Å²) < 4.78 is 0. The summed E-state index contributed by atoms with van der Waals surface area (Å²) >= 11 is 7.52. The molecule has 1 unspecified atom stereocenters. The minimum Gasteiger partial charge on any atom is -0.258 e. The van der Waals surface area contributed by atoms with Gasteiger partial charge < -0.3 is 0 Å². The van der Waals surface area contributed by atoms with Gasteiger partial charge in [-0.05, 0) is 18.1 Å². The Morgan fingerprint density at radius 2 is 2.25 bits per heavy atom. The molecule has 1 rings (SSSR count). The Bertz CT molecular complexity index is 384. The third kappa shape index (κ3) is 3.68. The lowest BCUT2D eigenvalue weighted by atomic mass is 10.2. The van der Waals surface area contributed by atoms with Crippen molar-refractivity contribution in [1.29, 1.82) is 0 Å². The molecule has 0 aromatic heterocycles. The Kier molecular flexibility index (Phi) is 5.09. The maximum absolute atomic E-state index is 10.7. The van der Waals surface area contributed by atoms with E-state index in [4.69, 9.17) is 11.6 Å². The number of nitro groups is 1. The lowest BCUT2D eigenvalue weighted by molar-refractivity contribution is -0.384. The summed E-state index contributed by atoms with van der Waals surface area (Å²) in [7, 11) is 0. The average molecular weight is 260 g/mol. The maximum atomic E-state index is 10.7. The van der Waals surface area contributed by atoms with E-state index < -0.39 is 4.92 Å². The molecule has 1 aromatic carbocycles. The second-order valence-electron chi connectivity index (χ2n) is 3.57. The molecule has 0 aliphatic carbocycles. The molecular weight excluding hydrogens is 246 g/mol. The molecule has 1 atom stereocenters. The highest BCUT2D eigenvalue weighted by molar-refractivity contribution is 7.99. The van der Waals surface area contributed by atoms with Crippen LogP contribution in [0.3, 0.4) is 0 Å². The Labute approximate surface area is 104 Å². The summed E-state index contributed by atoms with van der Waals surface area (Å²) in [6.07, 6.45) is 1.10. The Morgan fingerprint density at radius 3 is 2.81 bits per heavy atom. The summed E-state index contributed by atoms with van der Waals surface area (Å²) in [4.78, 5) is 10.2. The van der Waals surface area contributed by atoms with Gasteiger partial charge in [-0.15, -0.1) is 0 Å². The minimum atomic E-state index is -0.445. The zero-order valence-corrected chi connectivity index (χ0v) is 10.8. The first-order valence-electron chi connectivity index (χ1n) is 5.09. The number of thioether (sulfide) groups is 1. The van der Waals surface area contributed by atoms with Crippen LogP contribution in [0.5, 0.6) is 0 Å². The van der Waals surface area contributed by atoms with Crippen LogP contribution in [0.2, 0.25) is 5.02 Å². The molecule has 0 heterocycles. The van der Waals surface area contributed by atoms with Gasteiger partial charge in [-0.3, -0.25) is 10.1 Å². The first-order chi connectivity index (χ1) is 7.54. The van der Waals surface area contributed by atoms with Gasteiger partial charge >= 0.3 is 0 Å². The summed E-state index contributed by atoms with van der Waals surface area (Å²) in [6.45, 7) is 4.27. The number of nitro benzene ring substituents is 1. The fourth-order valence-electron chi connectivity index (χ4n) is 1.14. The lowest BCUT2D eigenvalue weighted by Crippen LogP contribution is -1.95. The van der Waals surface area contributed by atoms with Crippen molar-refractivity contribution in [3.8, 4) is 0 Å². The Hall–Kier alpha value is -0.740.